The molecule has 0 saturated heterocycles. The molecule has 1 heterocycles. The second-order valence-electron chi connectivity index (χ2n) is 3.36. The maximum absolute atomic E-state index is 9.68. The van der Waals surface area contributed by atoms with Crippen molar-refractivity contribution >= 4 is 0 Å². The van der Waals surface area contributed by atoms with Gasteiger partial charge in [-0.2, -0.15) is 0 Å². The van der Waals surface area contributed by atoms with Gasteiger partial charge in [0.1, 0.15) is 0 Å². The Kier molecular flexibility index (Phi) is 3.48. The molecule has 1 aromatic rings. The van der Waals surface area contributed by atoms with E-state index in [1.54, 1.807) is 0 Å². The Morgan fingerprint density at radius 1 is 1.62 bits per heavy atom. The molecular formula is C9H17N3O. The minimum Gasteiger partial charge on any atom is -0.390 e. The molecule has 0 aromatic carbocycles. The Balaban J connectivity index is 2.80. The normalized spacial score (nSPS) is 16.1. The molecule has 1 aromatic heterocycles. The molecular weight excluding hydrogens is 166 g/mol. The van der Waals surface area contributed by atoms with Gasteiger partial charge in [-0.05, 0) is 25.7 Å². The monoisotopic (exact) mass is 183 g/mol. The average molecular weight is 183 g/mol. The number of hydrogen-bond donors (Lipinski definition) is 3. The Bertz CT molecular complexity index is 233. The number of aromatic nitrogens is 1. The van der Waals surface area contributed by atoms with E-state index in [1.165, 1.54) is 0 Å². The van der Waals surface area contributed by atoms with Crippen molar-refractivity contribution < 1.29 is 5.11 Å². The Labute approximate surface area is 78.4 Å². The summed E-state index contributed by atoms with van der Waals surface area (Å²) in [5, 5.41) is 9.68. The quantitative estimate of drug-likeness (QED) is 0.612. The molecule has 0 saturated carbocycles. The van der Waals surface area contributed by atoms with E-state index in [2.05, 4.69) is 4.98 Å². The summed E-state index contributed by atoms with van der Waals surface area (Å²) in [6.07, 6.45) is 3.20. The molecule has 0 spiro atoms. The van der Waals surface area contributed by atoms with Gasteiger partial charge in [-0.15, -0.1) is 0 Å². The maximum atomic E-state index is 9.68. The van der Waals surface area contributed by atoms with Crippen LogP contribution in [0, 0.1) is 0 Å². The summed E-state index contributed by atoms with van der Waals surface area (Å²) in [5.41, 5.74) is 6.49. The number of nitrogens with one attached hydrogen (secondary N) is 1. The van der Waals surface area contributed by atoms with E-state index in [1.807, 2.05) is 37.5 Å². The summed E-state index contributed by atoms with van der Waals surface area (Å²) < 4.78 is 0. The predicted molar refractivity (Wildman–Crippen MR) is 52.3 cm³/mol. The highest BCUT2D eigenvalue weighted by molar-refractivity contribution is 5.15. The predicted octanol–water partition coefficient (Wildman–Crippen LogP) is -0.0630. The Morgan fingerprint density at radius 2 is 2.31 bits per heavy atom. The van der Waals surface area contributed by atoms with Gasteiger partial charge in [0.05, 0.1) is 12.1 Å². The van der Waals surface area contributed by atoms with Gasteiger partial charge in [0.2, 0.25) is 0 Å². The molecule has 74 valence electrons. The fourth-order valence-electron chi connectivity index (χ4n) is 1.51. The highest BCUT2D eigenvalue weighted by Crippen LogP contribution is 2.20. The third-order valence-corrected chi connectivity index (χ3v) is 2.13. The van der Waals surface area contributed by atoms with E-state index < -0.39 is 6.10 Å². The van der Waals surface area contributed by atoms with Crippen LogP contribution in [0.1, 0.15) is 11.6 Å². The molecule has 0 bridgehead atoms. The van der Waals surface area contributed by atoms with Crippen LogP contribution in [0.2, 0.25) is 0 Å². The summed E-state index contributed by atoms with van der Waals surface area (Å²) in [4.78, 5) is 4.92. The number of hydrogen-bond acceptors (Lipinski definition) is 3. The van der Waals surface area contributed by atoms with E-state index in [0.29, 0.717) is 0 Å². The van der Waals surface area contributed by atoms with Gasteiger partial charge in [0.25, 0.3) is 0 Å². The molecule has 13 heavy (non-hydrogen) atoms. The summed E-state index contributed by atoms with van der Waals surface area (Å²) in [7, 11) is 3.85. The number of nitrogens with zero attached hydrogens (tertiary/aromatic N) is 1. The lowest BCUT2D eigenvalue weighted by Crippen LogP contribution is -2.35. The van der Waals surface area contributed by atoms with Crippen LogP contribution in [-0.4, -0.2) is 41.7 Å². The molecule has 1 rings (SSSR count). The second-order valence-corrected chi connectivity index (χ2v) is 3.36. The zero-order valence-corrected chi connectivity index (χ0v) is 8.07. The van der Waals surface area contributed by atoms with E-state index in [9.17, 15) is 5.11 Å². The van der Waals surface area contributed by atoms with E-state index in [4.69, 9.17) is 5.73 Å². The van der Waals surface area contributed by atoms with Crippen molar-refractivity contribution in [1.29, 1.82) is 0 Å². The van der Waals surface area contributed by atoms with Gasteiger partial charge in [0.15, 0.2) is 0 Å². The first-order valence-electron chi connectivity index (χ1n) is 4.34. The number of aliphatic hydroxyl groups is 1. The molecule has 4 heteroatoms. The first-order valence-corrected chi connectivity index (χ1v) is 4.34. The van der Waals surface area contributed by atoms with Crippen LogP contribution in [0.4, 0.5) is 0 Å². The lowest BCUT2D eigenvalue weighted by atomic mass is 10.0. The Hall–Kier alpha value is -0.840. The van der Waals surface area contributed by atoms with Gasteiger partial charge in [-0.3, -0.25) is 4.90 Å². The number of likely N-dealkylation sites (N-methyl/N-ethyl adjacent to an activating group) is 1. The zero-order valence-electron chi connectivity index (χ0n) is 8.07. The molecule has 4 N–H and O–H groups in total. The van der Waals surface area contributed by atoms with Crippen LogP contribution in [-0.2, 0) is 0 Å². The lowest BCUT2D eigenvalue weighted by Gasteiger charge is -2.27. The number of H-pyrrole nitrogens is 1. The summed E-state index contributed by atoms with van der Waals surface area (Å²) in [5.74, 6) is 0. The highest BCUT2D eigenvalue weighted by Gasteiger charge is 2.21. The summed E-state index contributed by atoms with van der Waals surface area (Å²) in [6.45, 7) is 0.272. The van der Waals surface area contributed by atoms with Crippen LogP contribution >= 0.6 is 0 Å². The average Bonchev–Trinajstić information content (AvgIpc) is 2.56. The van der Waals surface area contributed by atoms with Crippen LogP contribution < -0.4 is 5.73 Å². The minimum atomic E-state index is -0.522. The number of rotatable bonds is 4. The van der Waals surface area contributed by atoms with E-state index in [-0.39, 0.29) is 12.6 Å². The largest absolute Gasteiger partial charge is 0.390 e. The number of aliphatic hydroxyl groups excluding tert-OH is 1. The lowest BCUT2D eigenvalue weighted by molar-refractivity contribution is 0.0824. The van der Waals surface area contributed by atoms with Crippen molar-refractivity contribution in [2.24, 2.45) is 5.73 Å². The second kappa shape index (κ2) is 4.41. The van der Waals surface area contributed by atoms with Crippen molar-refractivity contribution in [3.8, 4) is 0 Å². The van der Waals surface area contributed by atoms with Crippen molar-refractivity contribution in [2.75, 3.05) is 20.6 Å². The highest BCUT2D eigenvalue weighted by atomic mass is 16.3. The zero-order chi connectivity index (χ0) is 9.84. The number of nitrogens with two attached hydrogens (primary N) is 1. The molecule has 4 nitrogen and oxygen atoms in total. The van der Waals surface area contributed by atoms with Crippen LogP contribution in [0.5, 0.6) is 0 Å². The van der Waals surface area contributed by atoms with Gasteiger partial charge in [-0.1, -0.05) is 0 Å². The minimum absolute atomic E-state index is 0.0313. The third-order valence-electron chi connectivity index (χ3n) is 2.13. The molecule has 0 aliphatic carbocycles. The van der Waals surface area contributed by atoms with E-state index in [0.717, 1.165) is 5.56 Å². The van der Waals surface area contributed by atoms with Gasteiger partial charge >= 0.3 is 0 Å². The van der Waals surface area contributed by atoms with Gasteiger partial charge in [-0.25, -0.2) is 0 Å². The van der Waals surface area contributed by atoms with E-state index >= 15 is 0 Å². The van der Waals surface area contributed by atoms with Crippen LogP contribution in [0.15, 0.2) is 18.5 Å². The van der Waals surface area contributed by atoms with Crippen molar-refractivity contribution in [1.82, 2.24) is 9.88 Å². The summed E-state index contributed by atoms with van der Waals surface area (Å²) in [6, 6.07) is 1.92. The standard InChI is InChI=1S/C9H17N3O/c1-12(2)9(8(13)5-10)7-3-4-11-6-7/h3-4,6,8-9,11,13H,5,10H2,1-2H3. The number of aromatic amines is 1. The Morgan fingerprint density at radius 3 is 2.69 bits per heavy atom. The molecule has 2 unspecified atom stereocenters. The first-order chi connectivity index (χ1) is 6.16. The first kappa shape index (κ1) is 10.2. The molecule has 0 fully saturated rings. The SMILES string of the molecule is CN(C)C(c1cc[nH]c1)C(O)CN. The molecule has 0 aliphatic heterocycles. The topological polar surface area (TPSA) is 65.3 Å². The fraction of sp³-hybridized carbons (Fsp3) is 0.556. The molecule has 2 atom stereocenters. The molecule has 0 aliphatic rings. The van der Waals surface area contributed by atoms with Crippen LogP contribution in [0.25, 0.3) is 0 Å². The smallest absolute Gasteiger partial charge is 0.0859 e. The van der Waals surface area contributed by atoms with Crippen LogP contribution in [0.3, 0.4) is 0 Å². The van der Waals surface area contributed by atoms with Crippen molar-refractivity contribution in [3.63, 3.8) is 0 Å². The third kappa shape index (κ3) is 2.30. The van der Waals surface area contributed by atoms with Gasteiger partial charge in [0, 0.05) is 18.9 Å². The van der Waals surface area contributed by atoms with Crippen molar-refractivity contribution in [2.45, 2.75) is 12.1 Å². The molecule has 0 radical (unpaired) electrons. The van der Waals surface area contributed by atoms with Crippen molar-refractivity contribution in [3.05, 3.63) is 24.0 Å². The van der Waals surface area contributed by atoms with Gasteiger partial charge < -0.3 is 15.8 Å². The fourth-order valence-corrected chi connectivity index (χ4v) is 1.51. The molecule has 0 amide bonds. The summed E-state index contributed by atoms with van der Waals surface area (Å²) >= 11 is 0. The maximum Gasteiger partial charge on any atom is 0.0859 e.